The Morgan fingerprint density at radius 2 is 1.58 bits per heavy atom. The van der Waals surface area contributed by atoms with Crippen LogP contribution in [0.1, 0.15) is 24.1 Å². The third-order valence-corrected chi connectivity index (χ3v) is 6.37. The number of hydrogen-bond acceptors (Lipinski definition) is 4. The van der Waals surface area contributed by atoms with Crippen LogP contribution in [-0.2, 0) is 25.6 Å². The number of halogens is 1. The van der Waals surface area contributed by atoms with Gasteiger partial charge in [-0.1, -0.05) is 41.9 Å². The SMILES string of the molecule is C[C@H](NS(=O)(=O)Cc1ccccc1Cl)c1ccc(S(C)(=O)=O)cc1. The zero-order valence-electron chi connectivity index (χ0n) is 13.2. The molecule has 2 aromatic rings. The zero-order valence-corrected chi connectivity index (χ0v) is 15.6. The summed E-state index contributed by atoms with van der Waals surface area (Å²) in [5.41, 5.74) is 1.19. The molecule has 0 saturated carbocycles. The monoisotopic (exact) mass is 387 g/mol. The van der Waals surface area contributed by atoms with Gasteiger partial charge in [-0.25, -0.2) is 21.6 Å². The van der Waals surface area contributed by atoms with Gasteiger partial charge in [0.1, 0.15) is 0 Å². The molecule has 0 aliphatic rings. The molecular formula is C16H18ClNO4S2. The Kier molecular flexibility index (Phi) is 5.70. The number of hydrogen-bond donors (Lipinski definition) is 1. The van der Waals surface area contributed by atoms with Crippen molar-refractivity contribution in [3.8, 4) is 0 Å². The Morgan fingerprint density at radius 3 is 2.12 bits per heavy atom. The number of benzene rings is 2. The van der Waals surface area contributed by atoms with Gasteiger partial charge in [-0.05, 0) is 36.2 Å². The molecule has 0 aliphatic heterocycles. The fourth-order valence-electron chi connectivity index (χ4n) is 2.20. The maximum Gasteiger partial charge on any atom is 0.216 e. The number of rotatable bonds is 6. The van der Waals surface area contributed by atoms with Gasteiger partial charge < -0.3 is 0 Å². The minimum absolute atomic E-state index is 0.192. The Bertz CT molecular complexity index is 923. The average Bonchev–Trinajstić information content (AvgIpc) is 2.48. The Hall–Kier alpha value is -1.41. The lowest BCUT2D eigenvalue weighted by atomic mass is 10.1. The van der Waals surface area contributed by atoms with Gasteiger partial charge in [-0.15, -0.1) is 0 Å². The summed E-state index contributed by atoms with van der Waals surface area (Å²) < 4.78 is 50.1. The van der Waals surface area contributed by atoms with Crippen LogP contribution in [-0.4, -0.2) is 23.1 Å². The molecule has 0 spiro atoms. The molecule has 0 saturated heterocycles. The predicted octanol–water partition coefficient (Wildman–Crippen LogP) is 2.92. The van der Waals surface area contributed by atoms with Crippen molar-refractivity contribution in [2.75, 3.05) is 6.26 Å². The van der Waals surface area contributed by atoms with Crippen molar-refractivity contribution < 1.29 is 16.8 Å². The summed E-state index contributed by atoms with van der Waals surface area (Å²) in [7, 11) is -6.87. The van der Waals surface area contributed by atoms with Crippen molar-refractivity contribution in [3.63, 3.8) is 0 Å². The van der Waals surface area contributed by atoms with E-state index in [1.54, 1.807) is 43.3 Å². The fraction of sp³-hybridized carbons (Fsp3) is 0.250. The highest BCUT2D eigenvalue weighted by Crippen LogP contribution is 2.20. The largest absolute Gasteiger partial charge is 0.224 e. The quantitative estimate of drug-likeness (QED) is 0.826. The van der Waals surface area contributed by atoms with Crippen LogP contribution in [0, 0.1) is 0 Å². The van der Waals surface area contributed by atoms with E-state index < -0.39 is 25.9 Å². The van der Waals surface area contributed by atoms with E-state index >= 15 is 0 Å². The van der Waals surface area contributed by atoms with Crippen molar-refractivity contribution in [1.82, 2.24) is 4.72 Å². The van der Waals surface area contributed by atoms with E-state index in [1.807, 2.05) is 0 Å². The van der Waals surface area contributed by atoms with Gasteiger partial charge in [0, 0.05) is 17.3 Å². The summed E-state index contributed by atoms with van der Waals surface area (Å²) in [6.07, 6.45) is 1.12. The molecule has 1 N–H and O–H groups in total. The standard InChI is InChI=1S/C16H18ClNO4S2/c1-12(13-7-9-15(10-8-13)23(2,19)20)18-24(21,22)11-14-5-3-4-6-16(14)17/h3-10,12,18H,11H2,1-2H3/t12-/m0/s1. The maximum absolute atomic E-state index is 12.3. The molecule has 130 valence electrons. The third-order valence-electron chi connectivity index (χ3n) is 3.47. The second-order valence-electron chi connectivity index (χ2n) is 5.53. The minimum Gasteiger partial charge on any atom is -0.224 e. The van der Waals surface area contributed by atoms with Crippen LogP contribution in [0.3, 0.4) is 0 Å². The van der Waals surface area contributed by atoms with Gasteiger partial charge in [0.25, 0.3) is 0 Å². The van der Waals surface area contributed by atoms with Crippen LogP contribution < -0.4 is 4.72 Å². The van der Waals surface area contributed by atoms with E-state index in [0.29, 0.717) is 16.1 Å². The molecule has 0 radical (unpaired) electrons. The minimum atomic E-state index is -3.60. The van der Waals surface area contributed by atoms with Crippen LogP contribution in [0.5, 0.6) is 0 Å². The van der Waals surface area contributed by atoms with E-state index in [4.69, 9.17) is 11.6 Å². The zero-order chi connectivity index (χ0) is 18.0. The van der Waals surface area contributed by atoms with Crippen molar-refractivity contribution in [3.05, 3.63) is 64.7 Å². The van der Waals surface area contributed by atoms with Gasteiger partial charge in [-0.2, -0.15) is 0 Å². The van der Waals surface area contributed by atoms with Crippen molar-refractivity contribution in [2.24, 2.45) is 0 Å². The molecule has 24 heavy (non-hydrogen) atoms. The third kappa shape index (κ3) is 5.04. The molecule has 2 rings (SSSR count). The molecule has 0 amide bonds. The lowest BCUT2D eigenvalue weighted by molar-refractivity contribution is 0.565. The highest BCUT2D eigenvalue weighted by Gasteiger charge is 2.18. The van der Waals surface area contributed by atoms with E-state index in [9.17, 15) is 16.8 Å². The summed E-state index contributed by atoms with van der Waals surface area (Å²) in [5, 5.41) is 0.396. The van der Waals surface area contributed by atoms with E-state index in [1.165, 1.54) is 12.1 Å². The first-order chi connectivity index (χ1) is 11.1. The second kappa shape index (κ2) is 7.23. The van der Waals surface area contributed by atoms with E-state index in [0.717, 1.165) is 6.26 Å². The summed E-state index contributed by atoms with van der Waals surface area (Å²) in [5.74, 6) is -0.224. The topological polar surface area (TPSA) is 80.3 Å². The smallest absolute Gasteiger partial charge is 0.216 e. The second-order valence-corrected chi connectivity index (χ2v) is 9.71. The van der Waals surface area contributed by atoms with Crippen LogP contribution >= 0.6 is 11.6 Å². The van der Waals surface area contributed by atoms with E-state index in [2.05, 4.69) is 4.72 Å². The average molecular weight is 388 g/mol. The Labute approximate surface area is 147 Å². The number of nitrogens with one attached hydrogen (secondary N) is 1. The first kappa shape index (κ1) is 18.9. The molecule has 1 atom stereocenters. The molecule has 0 fully saturated rings. The van der Waals surface area contributed by atoms with Gasteiger partial charge in [-0.3, -0.25) is 0 Å². The van der Waals surface area contributed by atoms with Crippen molar-refractivity contribution in [1.29, 1.82) is 0 Å². The molecular weight excluding hydrogens is 370 g/mol. The van der Waals surface area contributed by atoms with Gasteiger partial charge in [0.15, 0.2) is 9.84 Å². The highest BCUT2D eigenvalue weighted by molar-refractivity contribution is 7.90. The molecule has 0 aromatic heterocycles. The van der Waals surface area contributed by atoms with Gasteiger partial charge in [0.2, 0.25) is 10.0 Å². The predicted molar refractivity (Wildman–Crippen MR) is 95.2 cm³/mol. The summed E-state index contributed by atoms with van der Waals surface area (Å²) >= 11 is 5.99. The van der Waals surface area contributed by atoms with Crippen LogP contribution in [0.15, 0.2) is 53.4 Å². The lowest BCUT2D eigenvalue weighted by Gasteiger charge is -2.15. The van der Waals surface area contributed by atoms with Gasteiger partial charge >= 0.3 is 0 Å². The van der Waals surface area contributed by atoms with Crippen molar-refractivity contribution >= 4 is 31.5 Å². The Balaban J connectivity index is 2.13. The normalized spacial score (nSPS) is 13.6. The number of sulfone groups is 1. The molecule has 0 aliphatic carbocycles. The molecule has 0 unspecified atom stereocenters. The van der Waals surface area contributed by atoms with Crippen molar-refractivity contribution in [2.45, 2.75) is 23.6 Å². The molecule has 0 bridgehead atoms. The number of sulfonamides is 1. The summed E-state index contributed by atoms with van der Waals surface area (Å²) in [6.45, 7) is 1.69. The van der Waals surface area contributed by atoms with Gasteiger partial charge in [0.05, 0.1) is 10.6 Å². The lowest BCUT2D eigenvalue weighted by Crippen LogP contribution is -2.28. The molecule has 5 nitrogen and oxygen atoms in total. The Morgan fingerprint density at radius 1 is 1.00 bits per heavy atom. The summed E-state index contributed by atoms with van der Waals surface area (Å²) in [4.78, 5) is 0.192. The first-order valence-electron chi connectivity index (χ1n) is 7.12. The van der Waals surface area contributed by atoms with E-state index in [-0.39, 0.29) is 10.6 Å². The first-order valence-corrected chi connectivity index (χ1v) is 11.0. The molecule has 8 heteroatoms. The van der Waals surface area contributed by atoms with Crippen LogP contribution in [0.25, 0.3) is 0 Å². The van der Waals surface area contributed by atoms with Crippen LogP contribution in [0.4, 0.5) is 0 Å². The highest BCUT2D eigenvalue weighted by atomic mass is 35.5. The molecule has 2 aromatic carbocycles. The maximum atomic E-state index is 12.3. The molecule has 0 heterocycles. The summed E-state index contributed by atoms with van der Waals surface area (Å²) in [6, 6.07) is 12.4. The fourth-order valence-corrected chi connectivity index (χ4v) is 4.53. The van der Waals surface area contributed by atoms with Crippen LogP contribution in [0.2, 0.25) is 5.02 Å².